The first kappa shape index (κ1) is 19.8. The molecule has 0 saturated carbocycles. The molecular weight excluding hydrogens is 312 g/mol. The Hall–Kier alpha value is -1.26. The largest absolute Gasteiger partial charge is 0.456 e. The fourth-order valence-corrected chi connectivity index (χ4v) is 2.51. The molecule has 1 N–H and O–H groups in total. The van der Waals surface area contributed by atoms with Gasteiger partial charge in [0, 0.05) is 35.2 Å². The van der Waals surface area contributed by atoms with Crippen LogP contribution in [0, 0.1) is 0 Å². The van der Waals surface area contributed by atoms with Crippen LogP contribution >= 0.6 is 0 Å². The number of esters is 2. The molecule has 0 spiro atoms. The average Bonchev–Trinajstić information content (AvgIpc) is 2.46. The fraction of sp³-hybridized carbons (Fsp3) is 0.857. The van der Waals surface area contributed by atoms with E-state index < -0.39 is 48.7 Å². The molecule has 134 valence electrons. The molecule has 1 rings (SSSR count). The van der Waals surface area contributed by atoms with Crippen molar-refractivity contribution in [3.63, 3.8) is 0 Å². The molecule has 1 heterocycles. The molecule has 0 aromatic carbocycles. The minimum atomic E-state index is -1.39. The molecule has 0 aromatic rings. The maximum atomic E-state index is 11.4. The van der Waals surface area contributed by atoms with Gasteiger partial charge in [0.1, 0.15) is 18.3 Å². The van der Waals surface area contributed by atoms with Crippen LogP contribution in [0.15, 0.2) is 0 Å². The topological polar surface area (TPSA) is 110 Å². The highest BCUT2D eigenvalue weighted by molar-refractivity contribution is 5.67. The van der Waals surface area contributed by atoms with Gasteiger partial charge in [-0.2, -0.15) is 0 Å². The molecule has 1 saturated heterocycles. The Morgan fingerprint density at radius 3 is 2.04 bits per heavy atom. The monoisotopic (exact) mass is 336 g/mol. The standard InChI is InChI=1S/C14H24O9/c1-7(15)21-11-10(9(19-4)6-18-3)23-14(17)13(20-5)12(11)22-8(2)16/h9-14,17H,6H2,1-5H3/t9-,10+,11+,12-,13-,14?/m0/s1. The van der Waals surface area contributed by atoms with Crippen molar-refractivity contribution in [3.8, 4) is 0 Å². The quantitative estimate of drug-likeness (QED) is 0.600. The van der Waals surface area contributed by atoms with Crippen molar-refractivity contribution in [3.05, 3.63) is 0 Å². The minimum Gasteiger partial charge on any atom is -0.456 e. The molecule has 0 radical (unpaired) electrons. The van der Waals surface area contributed by atoms with Crippen LogP contribution in [0.1, 0.15) is 13.8 Å². The van der Waals surface area contributed by atoms with Gasteiger partial charge in [0.05, 0.1) is 6.61 Å². The number of aliphatic hydroxyl groups excluding tert-OH is 1. The molecule has 1 fully saturated rings. The molecular formula is C14H24O9. The van der Waals surface area contributed by atoms with Gasteiger partial charge in [-0.05, 0) is 0 Å². The van der Waals surface area contributed by atoms with Crippen LogP contribution in [-0.4, -0.2) is 81.8 Å². The molecule has 0 bridgehead atoms. The number of methoxy groups -OCH3 is 3. The van der Waals surface area contributed by atoms with Crippen LogP contribution in [0.3, 0.4) is 0 Å². The summed E-state index contributed by atoms with van der Waals surface area (Å²) in [5.74, 6) is -1.21. The second kappa shape index (κ2) is 9.14. The van der Waals surface area contributed by atoms with Crippen LogP contribution in [0.25, 0.3) is 0 Å². The molecule has 1 aliphatic rings. The van der Waals surface area contributed by atoms with Crippen molar-refractivity contribution in [1.82, 2.24) is 0 Å². The van der Waals surface area contributed by atoms with Gasteiger partial charge < -0.3 is 33.5 Å². The first-order valence-corrected chi connectivity index (χ1v) is 7.08. The van der Waals surface area contributed by atoms with Crippen LogP contribution < -0.4 is 0 Å². The molecule has 0 amide bonds. The smallest absolute Gasteiger partial charge is 0.303 e. The highest BCUT2D eigenvalue weighted by Crippen LogP contribution is 2.29. The van der Waals surface area contributed by atoms with Crippen molar-refractivity contribution in [2.75, 3.05) is 27.9 Å². The molecule has 9 nitrogen and oxygen atoms in total. The van der Waals surface area contributed by atoms with E-state index in [1.807, 2.05) is 0 Å². The highest BCUT2D eigenvalue weighted by Gasteiger charge is 2.52. The van der Waals surface area contributed by atoms with Crippen molar-refractivity contribution >= 4 is 11.9 Å². The lowest BCUT2D eigenvalue weighted by Crippen LogP contribution is -2.64. The van der Waals surface area contributed by atoms with E-state index >= 15 is 0 Å². The summed E-state index contributed by atoms with van der Waals surface area (Å²) < 4.78 is 31.4. The molecule has 23 heavy (non-hydrogen) atoms. The second-order valence-electron chi connectivity index (χ2n) is 5.07. The summed E-state index contributed by atoms with van der Waals surface area (Å²) in [6, 6.07) is 0. The van der Waals surface area contributed by atoms with E-state index in [1.54, 1.807) is 0 Å². The Labute approximate surface area is 134 Å². The van der Waals surface area contributed by atoms with Gasteiger partial charge in [-0.1, -0.05) is 0 Å². The van der Waals surface area contributed by atoms with Crippen LogP contribution in [0.4, 0.5) is 0 Å². The number of hydrogen-bond donors (Lipinski definition) is 1. The maximum Gasteiger partial charge on any atom is 0.303 e. The van der Waals surface area contributed by atoms with E-state index in [2.05, 4.69) is 0 Å². The number of carbonyl (C=O) groups is 2. The summed E-state index contributed by atoms with van der Waals surface area (Å²) in [4.78, 5) is 22.8. The third-order valence-electron chi connectivity index (χ3n) is 3.43. The van der Waals surface area contributed by atoms with Gasteiger partial charge in [-0.15, -0.1) is 0 Å². The van der Waals surface area contributed by atoms with Gasteiger partial charge >= 0.3 is 11.9 Å². The molecule has 6 atom stereocenters. The number of ether oxygens (including phenoxy) is 6. The fourth-order valence-electron chi connectivity index (χ4n) is 2.51. The molecule has 1 unspecified atom stereocenters. The predicted molar refractivity (Wildman–Crippen MR) is 75.5 cm³/mol. The zero-order valence-electron chi connectivity index (χ0n) is 13.9. The van der Waals surface area contributed by atoms with Gasteiger partial charge in [-0.25, -0.2) is 0 Å². The summed E-state index contributed by atoms with van der Waals surface area (Å²) in [5, 5.41) is 10.1. The van der Waals surface area contributed by atoms with Crippen molar-refractivity contribution in [2.45, 2.75) is 50.7 Å². The zero-order valence-corrected chi connectivity index (χ0v) is 13.9. The minimum absolute atomic E-state index is 0.121. The van der Waals surface area contributed by atoms with E-state index in [1.165, 1.54) is 35.2 Å². The SMILES string of the molecule is COC[C@H](OC)[C@H]1OC(O)[C@@H](OC)[C@@H](OC(C)=O)[C@@H]1OC(C)=O. The van der Waals surface area contributed by atoms with Gasteiger partial charge in [0.25, 0.3) is 0 Å². The Balaban J connectivity index is 3.15. The van der Waals surface area contributed by atoms with Crippen molar-refractivity contribution in [2.24, 2.45) is 0 Å². The van der Waals surface area contributed by atoms with Gasteiger partial charge in [0.2, 0.25) is 0 Å². The lowest BCUT2D eigenvalue weighted by atomic mass is 9.94. The number of hydrogen-bond acceptors (Lipinski definition) is 9. The first-order chi connectivity index (χ1) is 10.8. The maximum absolute atomic E-state index is 11.4. The van der Waals surface area contributed by atoms with E-state index in [9.17, 15) is 14.7 Å². The molecule has 0 aromatic heterocycles. The Bertz CT molecular complexity index is 400. The predicted octanol–water partition coefficient (Wildman–Crippen LogP) is -0.757. The van der Waals surface area contributed by atoms with E-state index in [-0.39, 0.29) is 6.61 Å². The summed E-state index contributed by atoms with van der Waals surface area (Å²) in [7, 11) is 4.21. The normalized spacial score (nSPS) is 32.2. The Kier molecular flexibility index (Phi) is 7.86. The average molecular weight is 336 g/mol. The summed E-state index contributed by atoms with van der Waals surface area (Å²) >= 11 is 0. The van der Waals surface area contributed by atoms with Gasteiger partial charge in [-0.3, -0.25) is 9.59 Å². The number of aliphatic hydroxyl groups is 1. The van der Waals surface area contributed by atoms with E-state index in [0.29, 0.717) is 0 Å². The van der Waals surface area contributed by atoms with Crippen LogP contribution in [-0.2, 0) is 38.0 Å². The van der Waals surface area contributed by atoms with Crippen LogP contribution in [0.5, 0.6) is 0 Å². The van der Waals surface area contributed by atoms with Crippen molar-refractivity contribution in [1.29, 1.82) is 0 Å². The van der Waals surface area contributed by atoms with Crippen molar-refractivity contribution < 1.29 is 43.1 Å². The summed E-state index contributed by atoms with van der Waals surface area (Å²) in [6.45, 7) is 2.54. The summed E-state index contributed by atoms with van der Waals surface area (Å²) in [6.07, 6.45) is -6.05. The lowest BCUT2D eigenvalue weighted by Gasteiger charge is -2.44. The molecule has 0 aliphatic carbocycles. The molecule has 1 aliphatic heterocycles. The Morgan fingerprint density at radius 1 is 1.04 bits per heavy atom. The first-order valence-electron chi connectivity index (χ1n) is 7.08. The zero-order chi connectivity index (χ0) is 17.6. The molecule has 9 heteroatoms. The van der Waals surface area contributed by atoms with Crippen LogP contribution in [0.2, 0.25) is 0 Å². The highest BCUT2D eigenvalue weighted by atomic mass is 16.7. The second-order valence-corrected chi connectivity index (χ2v) is 5.07. The third-order valence-corrected chi connectivity index (χ3v) is 3.43. The summed E-state index contributed by atoms with van der Waals surface area (Å²) in [5.41, 5.74) is 0. The number of carbonyl (C=O) groups excluding carboxylic acids is 2. The third kappa shape index (κ3) is 5.11. The van der Waals surface area contributed by atoms with E-state index in [4.69, 9.17) is 28.4 Å². The lowest BCUT2D eigenvalue weighted by molar-refractivity contribution is -0.309. The number of rotatable bonds is 7. The Morgan fingerprint density at radius 2 is 1.61 bits per heavy atom. The van der Waals surface area contributed by atoms with Gasteiger partial charge in [0.15, 0.2) is 18.5 Å². The van der Waals surface area contributed by atoms with E-state index in [0.717, 1.165) is 0 Å².